The molecule has 32 heavy (non-hydrogen) atoms. The Labute approximate surface area is 183 Å². The number of alkyl halides is 3. The second kappa shape index (κ2) is 8.50. The number of nitrogens with zero attached hydrogens (tertiary/aromatic N) is 3. The minimum absolute atomic E-state index is 0.230. The van der Waals surface area contributed by atoms with E-state index < -0.39 is 23.2 Å². The molecule has 0 aliphatic carbocycles. The van der Waals surface area contributed by atoms with Crippen LogP contribution in [0.15, 0.2) is 64.5 Å². The fourth-order valence-corrected chi connectivity index (χ4v) is 3.83. The lowest BCUT2D eigenvalue weighted by Gasteiger charge is -2.13. The van der Waals surface area contributed by atoms with Gasteiger partial charge in [-0.05, 0) is 24.6 Å². The average molecular weight is 459 g/mol. The van der Waals surface area contributed by atoms with Gasteiger partial charge in [-0.25, -0.2) is 14.5 Å². The van der Waals surface area contributed by atoms with Crippen molar-refractivity contribution >= 4 is 29.0 Å². The maximum atomic E-state index is 13.2. The van der Waals surface area contributed by atoms with Gasteiger partial charge in [0, 0.05) is 11.6 Å². The molecule has 0 bridgehead atoms. The van der Waals surface area contributed by atoms with E-state index in [1.165, 1.54) is 28.8 Å². The van der Waals surface area contributed by atoms with Gasteiger partial charge < -0.3 is 5.32 Å². The van der Waals surface area contributed by atoms with Gasteiger partial charge in [0.15, 0.2) is 16.6 Å². The molecule has 11 heteroatoms. The van der Waals surface area contributed by atoms with Crippen molar-refractivity contribution in [1.29, 1.82) is 0 Å². The van der Waals surface area contributed by atoms with Crippen LogP contribution in [-0.2, 0) is 11.0 Å². The summed E-state index contributed by atoms with van der Waals surface area (Å²) in [6.07, 6.45) is -4.59. The number of aryl methyl sites for hydroxylation is 1. The van der Waals surface area contributed by atoms with Gasteiger partial charge in [-0.15, -0.1) is 0 Å². The summed E-state index contributed by atoms with van der Waals surface area (Å²) in [4.78, 5) is 33.1. The zero-order valence-electron chi connectivity index (χ0n) is 16.6. The fourth-order valence-electron chi connectivity index (χ4n) is 3.08. The van der Waals surface area contributed by atoms with Crippen LogP contribution in [0.2, 0.25) is 0 Å². The zero-order chi connectivity index (χ0) is 22.9. The molecule has 0 saturated heterocycles. The molecule has 7 nitrogen and oxygen atoms in total. The first-order valence-electron chi connectivity index (χ1n) is 9.37. The molecule has 0 fully saturated rings. The highest BCUT2D eigenvalue weighted by atomic mass is 32.2. The molecular weight excluding hydrogens is 443 g/mol. The van der Waals surface area contributed by atoms with Crippen LogP contribution >= 0.6 is 11.8 Å². The Balaban J connectivity index is 1.60. The molecule has 0 aliphatic heterocycles. The summed E-state index contributed by atoms with van der Waals surface area (Å²) in [5.41, 5.74) is 0.342. The molecule has 2 aromatic heterocycles. The van der Waals surface area contributed by atoms with Crippen molar-refractivity contribution in [3.8, 4) is 11.4 Å². The number of para-hydroxylation sites is 1. The lowest BCUT2D eigenvalue weighted by molar-refractivity contribution is -0.137. The highest BCUT2D eigenvalue weighted by molar-refractivity contribution is 7.99. The molecule has 0 aliphatic rings. The van der Waals surface area contributed by atoms with E-state index in [0.717, 1.165) is 29.0 Å². The van der Waals surface area contributed by atoms with E-state index in [9.17, 15) is 22.8 Å². The number of anilines is 1. The Morgan fingerprint density at radius 1 is 1.12 bits per heavy atom. The number of amides is 1. The quantitative estimate of drug-likeness (QED) is 0.438. The molecule has 2 N–H and O–H groups in total. The van der Waals surface area contributed by atoms with Gasteiger partial charge in [0.05, 0.1) is 17.0 Å². The third-order valence-corrected chi connectivity index (χ3v) is 5.49. The molecule has 164 valence electrons. The van der Waals surface area contributed by atoms with Gasteiger partial charge in [0.25, 0.3) is 5.56 Å². The van der Waals surface area contributed by atoms with E-state index in [2.05, 4.69) is 20.4 Å². The molecular formula is C21H16F3N5O2S. The lowest BCUT2D eigenvalue weighted by atomic mass is 10.1. The van der Waals surface area contributed by atoms with Gasteiger partial charge >= 0.3 is 6.18 Å². The highest BCUT2D eigenvalue weighted by Gasteiger charge is 2.33. The normalized spacial score (nSPS) is 11.6. The number of carbonyl (C=O) groups excluding carboxylic acids is 1. The highest BCUT2D eigenvalue weighted by Crippen LogP contribution is 2.34. The Morgan fingerprint density at radius 2 is 1.84 bits per heavy atom. The predicted octanol–water partition coefficient (Wildman–Crippen LogP) is 4.14. The SMILES string of the molecule is Cc1ccccc1-c1nc(SCC(=O)Nc2ccccc2C(F)(F)F)n2[nH]c(=O)cc2n1. The molecule has 4 aromatic rings. The summed E-state index contributed by atoms with van der Waals surface area (Å²) >= 11 is 0.967. The summed E-state index contributed by atoms with van der Waals surface area (Å²) in [6, 6.07) is 13.5. The van der Waals surface area contributed by atoms with Gasteiger partial charge in [-0.3, -0.25) is 14.7 Å². The Hall–Kier alpha value is -3.60. The van der Waals surface area contributed by atoms with Gasteiger partial charge in [0.2, 0.25) is 5.91 Å². The van der Waals surface area contributed by atoms with Crippen molar-refractivity contribution in [2.75, 3.05) is 11.1 Å². The topological polar surface area (TPSA) is 92.2 Å². The van der Waals surface area contributed by atoms with E-state index in [-0.39, 0.29) is 16.6 Å². The van der Waals surface area contributed by atoms with E-state index in [1.807, 2.05) is 31.2 Å². The average Bonchev–Trinajstić information content (AvgIpc) is 3.12. The molecule has 0 radical (unpaired) electrons. The number of benzene rings is 2. The van der Waals surface area contributed by atoms with Crippen LogP contribution < -0.4 is 10.9 Å². The molecule has 1 amide bonds. The summed E-state index contributed by atoms with van der Waals surface area (Å²) < 4.78 is 40.8. The van der Waals surface area contributed by atoms with Crippen molar-refractivity contribution in [2.45, 2.75) is 18.3 Å². The second-order valence-corrected chi connectivity index (χ2v) is 7.78. The number of nitrogens with one attached hydrogen (secondary N) is 2. The molecule has 0 saturated carbocycles. The standard InChI is InChI=1S/C21H16F3N5O2S/c1-12-6-2-3-7-13(12)19-26-16-10-17(30)28-29(16)20(27-19)32-11-18(31)25-15-9-5-4-8-14(15)21(22,23)24/h2-10H,11H2,1H3,(H,25,31)(H,28,30). The van der Waals surface area contributed by atoms with Crippen LogP contribution in [0.4, 0.5) is 18.9 Å². The number of H-pyrrole nitrogens is 1. The maximum absolute atomic E-state index is 13.2. The van der Waals surface area contributed by atoms with Crippen molar-refractivity contribution in [3.05, 3.63) is 76.1 Å². The summed E-state index contributed by atoms with van der Waals surface area (Å²) in [5.74, 6) is -0.510. The van der Waals surface area contributed by atoms with Crippen LogP contribution in [0.1, 0.15) is 11.1 Å². The van der Waals surface area contributed by atoms with Gasteiger partial charge in [-0.1, -0.05) is 48.2 Å². The third-order valence-electron chi connectivity index (χ3n) is 4.55. The van der Waals surface area contributed by atoms with Crippen molar-refractivity contribution in [2.24, 2.45) is 0 Å². The molecule has 0 spiro atoms. The number of hydrogen-bond donors (Lipinski definition) is 2. The minimum atomic E-state index is -4.59. The number of fused-ring (bicyclic) bond motifs is 1. The van der Waals surface area contributed by atoms with E-state index in [1.54, 1.807) is 0 Å². The molecule has 0 atom stereocenters. The Morgan fingerprint density at radius 3 is 2.59 bits per heavy atom. The largest absolute Gasteiger partial charge is 0.418 e. The van der Waals surface area contributed by atoms with Crippen LogP contribution in [0.25, 0.3) is 17.0 Å². The van der Waals surface area contributed by atoms with Crippen LogP contribution in [0.3, 0.4) is 0 Å². The molecule has 2 heterocycles. The lowest BCUT2D eigenvalue weighted by Crippen LogP contribution is -2.18. The van der Waals surface area contributed by atoms with Crippen molar-refractivity contribution in [3.63, 3.8) is 0 Å². The minimum Gasteiger partial charge on any atom is -0.325 e. The number of rotatable bonds is 5. The van der Waals surface area contributed by atoms with Crippen LogP contribution in [-0.4, -0.2) is 31.2 Å². The van der Waals surface area contributed by atoms with E-state index in [4.69, 9.17) is 0 Å². The monoisotopic (exact) mass is 459 g/mol. The van der Waals surface area contributed by atoms with Crippen LogP contribution in [0, 0.1) is 6.92 Å². The second-order valence-electron chi connectivity index (χ2n) is 6.84. The molecule has 4 rings (SSSR count). The zero-order valence-corrected chi connectivity index (χ0v) is 17.4. The third kappa shape index (κ3) is 4.52. The smallest absolute Gasteiger partial charge is 0.325 e. The van der Waals surface area contributed by atoms with Crippen molar-refractivity contribution < 1.29 is 18.0 Å². The number of carbonyl (C=O) groups is 1. The first kappa shape index (κ1) is 21.6. The first-order valence-corrected chi connectivity index (χ1v) is 10.4. The first-order chi connectivity index (χ1) is 15.2. The Bertz CT molecular complexity index is 1360. The number of thioether (sulfide) groups is 1. The Kier molecular flexibility index (Phi) is 5.74. The molecule has 0 unspecified atom stereocenters. The number of aromatic amines is 1. The number of hydrogen-bond acceptors (Lipinski definition) is 5. The number of aromatic nitrogens is 4. The van der Waals surface area contributed by atoms with E-state index >= 15 is 0 Å². The number of halogens is 3. The van der Waals surface area contributed by atoms with Gasteiger partial charge in [-0.2, -0.15) is 13.2 Å². The van der Waals surface area contributed by atoms with Gasteiger partial charge in [0.1, 0.15) is 0 Å². The fraction of sp³-hybridized carbons (Fsp3) is 0.143. The summed E-state index contributed by atoms with van der Waals surface area (Å²) in [5, 5.41) is 5.12. The molecule has 2 aromatic carbocycles. The van der Waals surface area contributed by atoms with E-state index in [0.29, 0.717) is 11.5 Å². The summed E-state index contributed by atoms with van der Waals surface area (Å²) in [7, 11) is 0. The summed E-state index contributed by atoms with van der Waals surface area (Å²) in [6.45, 7) is 1.89. The van der Waals surface area contributed by atoms with Crippen LogP contribution in [0.5, 0.6) is 0 Å². The maximum Gasteiger partial charge on any atom is 0.418 e. The predicted molar refractivity (Wildman–Crippen MR) is 115 cm³/mol. The van der Waals surface area contributed by atoms with Crippen molar-refractivity contribution in [1.82, 2.24) is 19.6 Å².